The number of hydrogen-bond donors (Lipinski definition) is 0. The van der Waals surface area contributed by atoms with Crippen molar-refractivity contribution in [2.45, 2.75) is 23.9 Å². The van der Waals surface area contributed by atoms with Crippen LogP contribution in [0.1, 0.15) is 17.3 Å². The number of benzene rings is 2. The first-order chi connectivity index (χ1) is 12.9. The predicted octanol–water partition coefficient (Wildman–Crippen LogP) is 4.74. The van der Waals surface area contributed by atoms with Gasteiger partial charge in [-0.05, 0) is 49.4 Å². The molecule has 1 unspecified atom stereocenters. The third-order valence-corrected chi connectivity index (χ3v) is 5.30. The highest BCUT2D eigenvalue weighted by molar-refractivity contribution is 8.00. The van der Waals surface area contributed by atoms with Crippen LogP contribution in [0.4, 0.5) is 4.39 Å². The van der Waals surface area contributed by atoms with Crippen LogP contribution >= 0.6 is 23.4 Å². The molecule has 0 fully saturated rings. The number of Topliss-reactive ketones (excluding diaryl/α,β-unsaturated/α-hetero) is 1. The van der Waals surface area contributed by atoms with E-state index in [1.165, 1.54) is 40.6 Å². The Morgan fingerprint density at radius 1 is 1.33 bits per heavy atom. The van der Waals surface area contributed by atoms with Crippen molar-refractivity contribution >= 4 is 40.0 Å². The highest BCUT2D eigenvalue weighted by atomic mass is 35.5. The van der Waals surface area contributed by atoms with E-state index in [1.807, 2.05) is 0 Å². The molecular formula is C20H16ClFN2O2S. The Morgan fingerprint density at radius 2 is 2.04 bits per heavy atom. The Morgan fingerprint density at radius 3 is 2.70 bits per heavy atom. The van der Waals surface area contributed by atoms with Gasteiger partial charge in [-0.25, -0.2) is 9.37 Å². The average molecular weight is 403 g/mol. The fraction of sp³-hybridized carbons (Fsp3) is 0.150. The van der Waals surface area contributed by atoms with Crippen LogP contribution in [0.5, 0.6) is 0 Å². The molecule has 138 valence electrons. The number of carbonyl (C=O) groups excluding carboxylic acids is 1. The van der Waals surface area contributed by atoms with E-state index >= 15 is 0 Å². The lowest BCUT2D eigenvalue weighted by Crippen LogP contribution is -2.24. The van der Waals surface area contributed by atoms with Gasteiger partial charge in [-0.15, -0.1) is 6.58 Å². The maximum absolute atomic E-state index is 13.1. The summed E-state index contributed by atoms with van der Waals surface area (Å²) in [4.78, 5) is 30.0. The van der Waals surface area contributed by atoms with E-state index in [1.54, 1.807) is 31.2 Å². The molecule has 1 heterocycles. The van der Waals surface area contributed by atoms with Crippen molar-refractivity contribution in [3.63, 3.8) is 0 Å². The Kier molecular flexibility index (Phi) is 5.77. The molecular weight excluding hydrogens is 387 g/mol. The number of halogens is 2. The maximum Gasteiger partial charge on any atom is 0.262 e. The lowest BCUT2D eigenvalue weighted by molar-refractivity contribution is 0.0994. The molecule has 0 amide bonds. The van der Waals surface area contributed by atoms with E-state index in [9.17, 15) is 14.0 Å². The lowest BCUT2D eigenvalue weighted by atomic mass is 10.1. The van der Waals surface area contributed by atoms with Gasteiger partial charge in [0.15, 0.2) is 10.9 Å². The summed E-state index contributed by atoms with van der Waals surface area (Å²) in [5, 5.41) is 0.804. The predicted molar refractivity (Wildman–Crippen MR) is 107 cm³/mol. The average Bonchev–Trinajstić information content (AvgIpc) is 2.64. The van der Waals surface area contributed by atoms with E-state index in [0.717, 1.165) is 0 Å². The van der Waals surface area contributed by atoms with Crippen LogP contribution in [0.25, 0.3) is 10.9 Å². The van der Waals surface area contributed by atoms with E-state index in [2.05, 4.69) is 11.6 Å². The molecule has 2 aromatic carbocycles. The van der Waals surface area contributed by atoms with Gasteiger partial charge >= 0.3 is 0 Å². The van der Waals surface area contributed by atoms with Crippen molar-refractivity contribution in [2.24, 2.45) is 0 Å². The Bertz CT molecular complexity index is 1080. The van der Waals surface area contributed by atoms with E-state index < -0.39 is 11.1 Å². The highest BCUT2D eigenvalue weighted by Gasteiger charge is 2.20. The number of fused-ring (bicyclic) bond motifs is 1. The molecule has 0 aliphatic rings. The number of rotatable bonds is 6. The lowest BCUT2D eigenvalue weighted by Gasteiger charge is -2.15. The SMILES string of the molecule is C=CCn1c(SC(C)C(=O)c2ccc(F)cc2)nc2cc(Cl)ccc2c1=O. The minimum absolute atomic E-state index is 0.175. The van der Waals surface area contributed by atoms with Gasteiger partial charge in [-0.1, -0.05) is 29.4 Å². The van der Waals surface area contributed by atoms with Gasteiger partial charge < -0.3 is 0 Å². The van der Waals surface area contributed by atoms with Crippen molar-refractivity contribution in [1.29, 1.82) is 0 Å². The summed E-state index contributed by atoms with van der Waals surface area (Å²) in [5.74, 6) is -0.578. The Balaban J connectivity index is 2.00. The molecule has 0 saturated heterocycles. The summed E-state index contributed by atoms with van der Waals surface area (Å²) in [5.41, 5.74) is 0.648. The van der Waals surface area contributed by atoms with E-state index in [4.69, 9.17) is 11.6 Å². The second-order valence-corrected chi connectivity index (χ2v) is 7.64. The number of aromatic nitrogens is 2. The number of carbonyl (C=O) groups is 1. The van der Waals surface area contributed by atoms with Crippen molar-refractivity contribution in [3.8, 4) is 0 Å². The van der Waals surface area contributed by atoms with Crippen molar-refractivity contribution < 1.29 is 9.18 Å². The summed E-state index contributed by atoms with van der Waals surface area (Å²) >= 11 is 7.19. The van der Waals surface area contributed by atoms with E-state index in [-0.39, 0.29) is 17.9 Å². The van der Waals surface area contributed by atoms with Crippen LogP contribution in [0, 0.1) is 5.82 Å². The van der Waals surface area contributed by atoms with Crippen LogP contribution in [0.15, 0.2) is 65.1 Å². The number of nitrogens with zero attached hydrogens (tertiary/aromatic N) is 2. The molecule has 1 aromatic heterocycles. The minimum atomic E-state index is -0.518. The third-order valence-electron chi connectivity index (χ3n) is 3.97. The molecule has 3 aromatic rings. The molecule has 0 spiro atoms. The van der Waals surface area contributed by atoms with Crippen LogP contribution < -0.4 is 5.56 Å². The molecule has 0 aliphatic heterocycles. The summed E-state index contributed by atoms with van der Waals surface area (Å²) in [6.07, 6.45) is 1.60. The number of thioether (sulfide) groups is 1. The van der Waals surface area contributed by atoms with Crippen molar-refractivity contribution in [2.75, 3.05) is 0 Å². The van der Waals surface area contributed by atoms with E-state index in [0.29, 0.717) is 26.6 Å². The van der Waals surface area contributed by atoms with Gasteiger partial charge in [0.2, 0.25) is 0 Å². The second kappa shape index (κ2) is 8.06. The molecule has 0 bridgehead atoms. The van der Waals surface area contributed by atoms with Crippen LogP contribution in [-0.4, -0.2) is 20.6 Å². The summed E-state index contributed by atoms with van der Waals surface area (Å²) < 4.78 is 14.6. The zero-order valence-electron chi connectivity index (χ0n) is 14.5. The van der Waals surface area contributed by atoms with Gasteiger partial charge in [0.1, 0.15) is 5.82 Å². The fourth-order valence-corrected chi connectivity index (χ4v) is 3.78. The normalized spacial score (nSPS) is 12.1. The number of allylic oxidation sites excluding steroid dienone is 1. The van der Waals surface area contributed by atoms with Gasteiger partial charge in [0.25, 0.3) is 5.56 Å². The van der Waals surface area contributed by atoms with Gasteiger partial charge in [-0.2, -0.15) is 0 Å². The van der Waals surface area contributed by atoms with Gasteiger partial charge in [-0.3, -0.25) is 14.2 Å². The van der Waals surface area contributed by atoms with Gasteiger partial charge in [0, 0.05) is 17.1 Å². The molecule has 0 aliphatic carbocycles. The number of ketones is 1. The van der Waals surface area contributed by atoms with Crippen LogP contribution in [0.3, 0.4) is 0 Å². The highest BCUT2D eigenvalue weighted by Crippen LogP contribution is 2.26. The molecule has 1 atom stereocenters. The summed E-state index contributed by atoms with van der Waals surface area (Å²) in [6, 6.07) is 10.3. The second-order valence-electron chi connectivity index (χ2n) is 5.89. The standard InChI is InChI=1S/C20H16ClFN2O2S/c1-3-10-24-19(26)16-9-6-14(21)11-17(16)23-20(24)27-12(2)18(25)13-4-7-15(22)8-5-13/h3-9,11-12H,1,10H2,2H3. The molecule has 0 saturated carbocycles. The Labute approximate surface area is 164 Å². The van der Waals surface area contributed by atoms with Crippen molar-refractivity contribution in [3.05, 3.63) is 81.9 Å². The van der Waals surface area contributed by atoms with Crippen molar-refractivity contribution in [1.82, 2.24) is 9.55 Å². The molecule has 0 N–H and O–H groups in total. The third kappa shape index (κ3) is 4.12. The fourth-order valence-electron chi connectivity index (χ4n) is 2.61. The summed E-state index contributed by atoms with van der Waals surface area (Å²) in [6.45, 7) is 5.68. The quantitative estimate of drug-likeness (QED) is 0.258. The van der Waals surface area contributed by atoms with Crippen LogP contribution in [-0.2, 0) is 6.54 Å². The molecule has 4 nitrogen and oxygen atoms in total. The first-order valence-electron chi connectivity index (χ1n) is 8.18. The molecule has 7 heteroatoms. The van der Waals surface area contributed by atoms with Crippen LogP contribution in [0.2, 0.25) is 5.02 Å². The molecule has 27 heavy (non-hydrogen) atoms. The molecule has 3 rings (SSSR count). The first-order valence-corrected chi connectivity index (χ1v) is 9.44. The smallest absolute Gasteiger partial charge is 0.262 e. The Hall–Kier alpha value is -2.44. The first kappa shape index (κ1) is 19.3. The topological polar surface area (TPSA) is 52.0 Å². The number of hydrogen-bond acceptors (Lipinski definition) is 4. The monoisotopic (exact) mass is 402 g/mol. The van der Waals surface area contributed by atoms with Gasteiger partial charge in [0.05, 0.1) is 16.2 Å². The molecule has 0 radical (unpaired) electrons. The zero-order chi connectivity index (χ0) is 19.6. The summed E-state index contributed by atoms with van der Waals surface area (Å²) in [7, 11) is 0. The minimum Gasteiger partial charge on any atom is -0.293 e. The largest absolute Gasteiger partial charge is 0.293 e. The maximum atomic E-state index is 13.1. The zero-order valence-corrected chi connectivity index (χ0v) is 16.1.